The van der Waals surface area contributed by atoms with Gasteiger partial charge in [0.2, 0.25) is 5.16 Å². The zero-order valence-corrected chi connectivity index (χ0v) is 11.1. The molecule has 0 amide bonds. The van der Waals surface area contributed by atoms with Crippen LogP contribution in [0.15, 0.2) is 40.5 Å². The van der Waals surface area contributed by atoms with Crippen molar-refractivity contribution in [3.05, 3.63) is 35.9 Å². The van der Waals surface area contributed by atoms with Gasteiger partial charge in [-0.05, 0) is 39.9 Å². The Balaban J connectivity index is 2.09. The van der Waals surface area contributed by atoms with E-state index >= 15 is 0 Å². The third-order valence-corrected chi connectivity index (χ3v) is 3.83. The second kappa shape index (κ2) is 4.94. The topological polar surface area (TPSA) is 82.5 Å². The fourth-order valence-electron chi connectivity index (χ4n) is 1.77. The minimum atomic E-state index is 0.436. The van der Waals surface area contributed by atoms with Crippen molar-refractivity contribution in [2.24, 2.45) is 12.8 Å². The Kier molecular flexibility index (Phi) is 3.14. The highest BCUT2D eigenvalue weighted by atomic mass is 32.2. The maximum absolute atomic E-state index is 5.80. The van der Waals surface area contributed by atoms with Gasteiger partial charge in [0, 0.05) is 19.0 Å². The number of nitrogens with two attached hydrogens (primary N) is 1. The minimum absolute atomic E-state index is 0.436. The van der Waals surface area contributed by atoms with E-state index in [2.05, 4.69) is 26.6 Å². The third-order valence-electron chi connectivity index (χ3n) is 2.75. The molecule has 0 bridgehead atoms. The lowest BCUT2D eigenvalue weighted by molar-refractivity contribution is 0.664. The van der Waals surface area contributed by atoms with E-state index in [4.69, 9.17) is 5.73 Å². The first-order valence-corrected chi connectivity index (χ1v) is 6.58. The van der Waals surface area contributed by atoms with Crippen LogP contribution >= 0.6 is 11.8 Å². The lowest BCUT2D eigenvalue weighted by Gasteiger charge is -2.07. The molecule has 3 aromatic rings. The Morgan fingerprint density at radius 1 is 1.32 bits per heavy atom. The molecule has 0 aliphatic rings. The van der Waals surface area contributed by atoms with Crippen molar-refractivity contribution < 1.29 is 0 Å². The van der Waals surface area contributed by atoms with E-state index in [1.807, 2.05) is 24.3 Å². The first-order chi connectivity index (χ1) is 9.28. The van der Waals surface area contributed by atoms with Gasteiger partial charge < -0.3 is 5.73 Å². The molecule has 0 saturated heterocycles. The summed E-state index contributed by atoms with van der Waals surface area (Å²) < 4.78 is 1.61. The number of aromatic nitrogens is 5. The predicted molar refractivity (Wildman–Crippen MR) is 72.6 cm³/mol. The van der Waals surface area contributed by atoms with E-state index in [0.717, 1.165) is 21.5 Å². The highest BCUT2D eigenvalue weighted by Gasteiger charge is 2.11. The Labute approximate surface area is 114 Å². The quantitative estimate of drug-likeness (QED) is 0.775. The van der Waals surface area contributed by atoms with Gasteiger partial charge in [0.25, 0.3) is 0 Å². The van der Waals surface area contributed by atoms with Gasteiger partial charge >= 0.3 is 0 Å². The van der Waals surface area contributed by atoms with Crippen molar-refractivity contribution in [2.45, 2.75) is 16.7 Å². The molecule has 0 fully saturated rings. The zero-order chi connectivity index (χ0) is 13.2. The molecule has 2 aromatic heterocycles. The Morgan fingerprint density at radius 2 is 2.16 bits per heavy atom. The highest BCUT2D eigenvalue weighted by Crippen LogP contribution is 2.28. The molecule has 7 heteroatoms. The minimum Gasteiger partial charge on any atom is -0.326 e. The van der Waals surface area contributed by atoms with Crippen LogP contribution in [0.3, 0.4) is 0 Å². The van der Waals surface area contributed by atoms with Crippen molar-refractivity contribution in [2.75, 3.05) is 0 Å². The van der Waals surface area contributed by atoms with Crippen LogP contribution in [0.25, 0.3) is 10.9 Å². The largest absolute Gasteiger partial charge is 0.326 e. The van der Waals surface area contributed by atoms with Gasteiger partial charge in [-0.15, -0.1) is 5.10 Å². The molecule has 1 aromatic carbocycles. The van der Waals surface area contributed by atoms with Crippen molar-refractivity contribution in [3.8, 4) is 0 Å². The molecule has 0 aliphatic carbocycles. The summed E-state index contributed by atoms with van der Waals surface area (Å²) in [5, 5.41) is 14.0. The van der Waals surface area contributed by atoms with Crippen LogP contribution in [-0.4, -0.2) is 25.2 Å². The number of benzene rings is 1. The van der Waals surface area contributed by atoms with Gasteiger partial charge in [-0.25, -0.2) is 9.67 Å². The molecule has 0 atom stereocenters. The van der Waals surface area contributed by atoms with E-state index in [1.165, 1.54) is 11.8 Å². The van der Waals surface area contributed by atoms with Crippen molar-refractivity contribution in [1.82, 2.24) is 25.2 Å². The first kappa shape index (κ1) is 12.1. The second-order valence-electron chi connectivity index (χ2n) is 4.04. The van der Waals surface area contributed by atoms with Gasteiger partial charge in [-0.1, -0.05) is 18.2 Å². The van der Waals surface area contributed by atoms with Crippen molar-refractivity contribution >= 4 is 22.7 Å². The fourth-order valence-corrected chi connectivity index (χ4v) is 2.61. The van der Waals surface area contributed by atoms with Crippen molar-refractivity contribution in [3.63, 3.8) is 0 Å². The van der Waals surface area contributed by atoms with Crippen LogP contribution in [-0.2, 0) is 13.6 Å². The summed E-state index contributed by atoms with van der Waals surface area (Å²) in [5.41, 5.74) is 7.73. The lowest BCUT2D eigenvalue weighted by Crippen LogP contribution is -2.02. The summed E-state index contributed by atoms with van der Waals surface area (Å²) in [4.78, 5) is 4.64. The highest BCUT2D eigenvalue weighted by molar-refractivity contribution is 7.99. The monoisotopic (exact) mass is 272 g/mol. The Hall–Kier alpha value is -1.99. The molecule has 0 unspecified atom stereocenters. The van der Waals surface area contributed by atoms with Gasteiger partial charge in [-0.3, -0.25) is 0 Å². The second-order valence-corrected chi connectivity index (χ2v) is 4.99. The standard InChI is InChI=1S/C12H12N6S/c1-18-12(15-16-17-18)19-11-9(7-13)6-8-4-2-3-5-10(8)14-11/h2-6H,7,13H2,1H3. The van der Waals surface area contributed by atoms with Gasteiger partial charge in [0.05, 0.1) is 5.52 Å². The van der Waals surface area contributed by atoms with Crippen LogP contribution < -0.4 is 5.73 Å². The molecular weight excluding hydrogens is 260 g/mol. The lowest BCUT2D eigenvalue weighted by atomic mass is 10.1. The number of tetrazole rings is 1. The number of hydrogen-bond donors (Lipinski definition) is 1. The van der Waals surface area contributed by atoms with Crippen molar-refractivity contribution in [1.29, 1.82) is 0 Å². The number of fused-ring (bicyclic) bond motifs is 1. The van der Waals surface area contributed by atoms with E-state index < -0.39 is 0 Å². The summed E-state index contributed by atoms with van der Waals surface area (Å²) in [6, 6.07) is 10.0. The summed E-state index contributed by atoms with van der Waals surface area (Å²) in [6.07, 6.45) is 0. The molecule has 3 rings (SSSR count). The molecule has 0 saturated carbocycles. The number of hydrogen-bond acceptors (Lipinski definition) is 6. The number of pyridine rings is 1. The van der Waals surface area contributed by atoms with Gasteiger partial charge in [0.1, 0.15) is 5.03 Å². The normalized spacial score (nSPS) is 11.1. The van der Waals surface area contributed by atoms with E-state index in [0.29, 0.717) is 11.7 Å². The molecule has 6 nitrogen and oxygen atoms in total. The van der Waals surface area contributed by atoms with Crippen LogP contribution in [0.2, 0.25) is 0 Å². The molecule has 0 aliphatic heterocycles. The number of aryl methyl sites for hydroxylation is 1. The predicted octanol–water partition coefficient (Wildman–Crippen LogP) is 1.37. The Morgan fingerprint density at radius 3 is 2.89 bits per heavy atom. The smallest absolute Gasteiger partial charge is 0.215 e. The average Bonchev–Trinajstić information content (AvgIpc) is 2.83. The van der Waals surface area contributed by atoms with Crippen LogP contribution in [0, 0.1) is 0 Å². The fraction of sp³-hybridized carbons (Fsp3) is 0.167. The van der Waals surface area contributed by atoms with Crippen LogP contribution in [0.1, 0.15) is 5.56 Å². The maximum atomic E-state index is 5.80. The average molecular weight is 272 g/mol. The van der Waals surface area contributed by atoms with Crippen LogP contribution in [0.4, 0.5) is 0 Å². The molecule has 2 N–H and O–H groups in total. The molecular formula is C12H12N6S. The summed E-state index contributed by atoms with van der Waals surface area (Å²) in [6.45, 7) is 0.436. The van der Waals surface area contributed by atoms with E-state index in [-0.39, 0.29) is 0 Å². The number of para-hydroxylation sites is 1. The molecule has 0 spiro atoms. The number of nitrogens with zero attached hydrogens (tertiary/aromatic N) is 5. The first-order valence-electron chi connectivity index (χ1n) is 5.77. The molecule has 96 valence electrons. The molecule has 0 radical (unpaired) electrons. The molecule has 19 heavy (non-hydrogen) atoms. The molecule has 2 heterocycles. The number of rotatable bonds is 3. The van der Waals surface area contributed by atoms with Gasteiger partial charge in [0.15, 0.2) is 0 Å². The maximum Gasteiger partial charge on any atom is 0.215 e. The summed E-state index contributed by atoms with van der Waals surface area (Å²) >= 11 is 1.42. The van der Waals surface area contributed by atoms with E-state index in [9.17, 15) is 0 Å². The van der Waals surface area contributed by atoms with Gasteiger partial charge in [-0.2, -0.15) is 0 Å². The van der Waals surface area contributed by atoms with E-state index in [1.54, 1.807) is 11.7 Å². The summed E-state index contributed by atoms with van der Waals surface area (Å²) in [7, 11) is 1.80. The third kappa shape index (κ3) is 2.29. The Bertz CT molecular complexity index is 723. The summed E-state index contributed by atoms with van der Waals surface area (Å²) in [5.74, 6) is 0. The SMILES string of the molecule is Cn1nnnc1Sc1nc2ccccc2cc1CN. The van der Waals surface area contributed by atoms with Crippen LogP contribution in [0.5, 0.6) is 0 Å². The zero-order valence-electron chi connectivity index (χ0n) is 10.3.